The zero-order valence-electron chi connectivity index (χ0n) is 26.4. The van der Waals surface area contributed by atoms with Crippen molar-refractivity contribution in [3.8, 4) is 11.1 Å². The third-order valence-electron chi connectivity index (χ3n) is 7.18. The molecular formula is C34H48Cl2N2O4. The Morgan fingerprint density at radius 2 is 1.43 bits per heavy atom. The number of hydrogen-bond donors (Lipinski definition) is 2. The Kier molecular flexibility index (Phi) is 13.4. The summed E-state index contributed by atoms with van der Waals surface area (Å²) in [6.45, 7) is 13.4. The number of carbonyl (C=O) groups is 3. The number of nitrogens with one attached hydrogen (secondary N) is 2. The second-order valence-corrected chi connectivity index (χ2v) is 14.0. The first-order valence-electron chi connectivity index (χ1n) is 14.8. The number of esters is 1. The van der Waals surface area contributed by atoms with Crippen LogP contribution in [0.25, 0.3) is 11.1 Å². The maximum atomic E-state index is 13.8. The van der Waals surface area contributed by atoms with Crippen molar-refractivity contribution >= 4 is 41.0 Å². The molecule has 6 nitrogen and oxygen atoms in total. The van der Waals surface area contributed by atoms with Gasteiger partial charge in [-0.25, -0.2) is 0 Å². The molecule has 0 saturated carbocycles. The molecule has 2 aromatic carbocycles. The molecule has 8 heteroatoms. The van der Waals surface area contributed by atoms with Gasteiger partial charge in [-0.15, -0.1) is 0 Å². The lowest BCUT2D eigenvalue weighted by Gasteiger charge is -2.32. The van der Waals surface area contributed by atoms with Gasteiger partial charge in [0.05, 0.1) is 5.92 Å². The molecule has 2 amide bonds. The predicted molar refractivity (Wildman–Crippen MR) is 173 cm³/mol. The minimum absolute atomic E-state index is 0.228. The van der Waals surface area contributed by atoms with E-state index < -0.39 is 28.9 Å². The molecule has 3 atom stereocenters. The van der Waals surface area contributed by atoms with Crippen LogP contribution in [0.1, 0.15) is 86.1 Å². The van der Waals surface area contributed by atoms with Crippen molar-refractivity contribution in [2.24, 2.45) is 17.3 Å². The molecular weight excluding hydrogens is 571 g/mol. The average Bonchev–Trinajstić information content (AvgIpc) is 2.88. The van der Waals surface area contributed by atoms with E-state index in [2.05, 4.69) is 17.6 Å². The van der Waals surface area contributed by atoms with E-state index in [-0.39, 0.29) is 17.8 Å². The third kappa shape index (κ3) is 11.6. The van der Waals surface area contributed by atoms with Crippen LogP contribution in [-0.4, -0.2) is 36.5 Å². The summed E-state index contributed by atoms with van der Waals surface area (Å²) in [6.07, 6.45) is 3.93. The van der Waals surface area contributed by atoms with Crippen LogP contribution in [0.5, 0.6) is 0 Å². The molecule has 0 aliphatic heterocycles. The lowest BCUT2D eigenvalue weighted by atomic mass is 9.83. The van der Waals surface area contributed by atoms with Crippen molar-refractivity contribution in [1.82, 2.24) is 10.6 Å². The molecule has 0 fully saturated rings. The third-order valence-corrected chi connectivity index (χ3v) is 7.62. The predicted octanol–water partition coefficient (Wildman–Crippen LogP) is 8.02. The van der Waals surface area contributed by atoms with E-state index in [1.165, 1.54) is 0 Å². The fourth-order valence-electron chi connectivity index (χ4n) is 4.87. The number of benzene rings is 2. The molecule has 0 bridgehead atoms. The summed E-state index contributed by atoms with van der Waals surface area (Å²) in [6, 6.07) is 12.8. The van der Waals surface area contributed by atoms with Crippen LogP contribution in [0.15, 0.2) is 42.5 Å². The van der Waals surface area contributed by atoms with Crippen LogP contribution in [0.3, 0.4) is 0 Å². The van der Waals surface area contributed by atoms with E-state index in [0.717, 1.165) is 29.5 Å². The molecule has 0 heterocycles. The summed E-state index contributed by atoms with van der Waals surface area (Å²) in [5.41, 5.74) is 1.86. The number of halogens is 2. The second kappa shape index (κ2) is 15.8. The van der Waals surface area contributed by atoms with E-state index in [1.54, 1.807) is 13.1 Å². The van der Waals surface area contributed by atoms with Gasteiger partial charge in [-0.1, -0.05) is 88.0 Å². The summed E-state index contributed by atoms with van der Waals surface area (Å²) in [5.74, 6) is -1.66. The fraction of sp³-hybridized carbons (Fsp3) is 0.559. The highest BCUT2D eigenvalue weighted by Gasteiger charge is 2.36. The summed E-state index contributed by atoms with van der Waals surface area (Å²) in [7, 11) is 1.56. The Hall–Kier alpha value is -2.57. The minimum Gasteiger partial charge on any atom is -0.460 e. The van der Waals surface area contributed by atoms with Crippen LogP contribution in [0, 0.1) is 17.3 Å². The topological polar surface area (TPSA) is 84.5 Å². The van der Waals surface area contributed by atoms with E-state index in [1.807, 2.05) is 77.9 Å². The molecule has 232 valence electrons. The molecule has 2 rings (SSSR count). The zero-order valence-corrected chi connectivity index (χ0v) is 27.9. The summed E-state index contributed by atoms with van der Waals surface area (Å²) in [5, 5.41) is 6.82. The first kappa shape index (κ1) is 35.6. The lowest BCUT2D eigenvalue weighted by Crippen LogP contribution is -2.54. The molecule has 0 radical (unpaired) electrons. The van der Waals surface area contributed by atoms with Crippen LogP contribution < -0.4 is 10.6 Å². The molecule has 0 spiro atoms. The Labute approximate surface area is 262 Å². The lowest BCUT2D eigenvalue weighted by molar-refractivity contribution is -0.161. The number of rotatable bonds is 13. The number of unbranched alkanes of at least 4 members (excludes halogenated alkanes) is 1. The number of aryl methyl sites for hydroxylation is 1. The smallest absolute Gasteiger partial charge is 0.309 e. The first-order chi connectivity index (χ1) is 19.5. The van der Waals surface area contributed by atoms with Crippen LogP contribution in [0.4, 0.5) is 0 Å². The number of likely N-dealkylation sites (N-methyl/N-ethyl adjacent to an activating group) is 1. The van der Waals surface area contributed by atoms with Crippen molar-refractivity contribution in [1.29, 1.82) is 0 Å². The molecule has 0 aliphatic rings. The zero-order chi connectivity index (χ0) is 31.7. The normalized spacial score (nSPS) is 14.0. The van der Waals surface area contributed by atoms with Gasteiger partial charge in [0, 0.05) is 23.0 Å². The highest BCUT2D eigenvalue weighted by molar-refractivity contribution is 6.35. The van der Waals surface area contributed by atoms with Crippen molar-refractivity contribution < 1.29 is 19.1 Å². The number of hydrogen-bond acceptors (Lipinski definition) is 4. The van der Waals surface area contributed by atoms with E-state index in [4.69, 9.17) is 27.9 Å². The summed E-state index contributed by atoms with van der Waals surface area (Å²) < 4.78 is 5.75. The van der Waals surface area contributed by atoms with Crippen molar-refractivity contribution in [3.63, 3.8) is 0 Å². The van der Waals surface area contributed by atoms with Gasteiger partial charge >= 0.3 is 5.97 Å². The SMILES string of the molecule is CCCC[C@@H](C[C@@H](CCc1ccc(-c2cc(Cl)cc(Cl)c2)cc1)C(=O)N[C@H](C(=O)NC)C(C)(C)C)C(=O)OC(C)(C)C. The van der Waals surface area contributed by atoms with Gasteiger partial charge in [-0.05, 0) is 86.8 Å². The monoisotopic (exact) mass is 618 g/mol. The summed E-state index contributed by atoms with van der Waals surface area (Å²) in [4.78, 5) is 39.7. The first-order valence-corrected chi connectivity index (χ1v) is 15.6. The van der Waals surface area contributed by atoms with Crippen molar-refractivity contribution in [2.45, 2.75) is 98.6 Å². The molecule has 42 heavy (non-hydrogen) atoms. The van der Waals surface area contributed by atoms with Crippen molar-refractivity contribution in [3.05, 3.63) is 58.1 Å². The molecule has 2 N–H and O–H groups in total. The van der Waals surface area contributed by atoms with Gasteiger partial charge in [-0.3, -0.25) is 14.4 Å². The maximum absolute atomic E-state index is 13.8. The highest BCUT2D eigenvalue weighted by atomic mass is 35.5. The van der Waals surface area contributed by atoms with Crippen LogP contribution >= 0.6 is 23.2 Å². The van der Waals surface area contributed by atoms with Gasteiger partial charge in [0.25, 0.3) is 0 Å². The van der Waals surface area contributed by atoms with Crippen LogP contribution in [-0.2, 0) is 25.5 Å². The fourth-order valence-corrected chi connectivity index (χ4v) is 5.40. The Bertz CT molecular complexity index is 1180. The van der Waals surface area contributed by atoms with E-state index in [0.29, 0.717) is 35.7 Å². The highest BCUT2D eigenvalue weighted by Crippen LogP contribution is 2.30. The molecule has 0 aliphatic carbocycles. The quantitative estimate of drug-likeness (QED) is 0.223. The maximum Gasteiger partial charge on any atom is 0.309 e. The average molecular weight is 620 g/mol. The minimum atomic E-state index is -0.711. The van der Waals surface area contributed by atoms with Gasteiger partial charge in [0.15, 0.2) is 0 Å². The van der Waals surface area contributed by atoms with Gasteiger partial charge in [-0.2, -0.15) is 0 Å². The van der Waals surface area contributed by atoms with E-state index >= 15 is 0 Å². The Morgan fingerprint density at radius 3 is 1.93 bits per heavy atom. The Morgan fingerprint density at radius 1 is 0.833 bits per heavy atom. The van der Waals surface area contributed by atoms with Gasteiger partial charge in [0.2, 0.25) is 11.8 Å². The summed E-state index contributed by atoms with van der Waals surface area (Å²) >= 11 is 12.4. The standard InChI is InChI=1S/C34H48Cl2N2O4/c1-9-10-11-25(32(41)42-34(5,6)7)18-24(30(39)38-29(31(40)37-8)33(2,3)4)17-14-22-12-15-23(16-13-22)26-19-27(35)21-28(36)20-26/h12-13,15-16,19-21,24-25,29H,9-11,14,17-18H2,1-8H3,(H,37,40)(H,38,39)/t24-,25+,29-/m1/s1. The van der Waals surface area contributed by atoms with Gasteiger partial charge < -0.3 is 15.4 Å². The largest absolute Gasteiger partial charge is 0.460 e. The number of carbonyl (C=O) groups excluding carboxylic acids is 3. The molecule has 0 saturated heterocycles. The second-order valence-electron chi connectivity index (χ2n) is 13.1. The number of amides is 2. The molecule has 0 unspecified atom stereocenters. The number of ether oxygens (including phenoxy) is 1. The Balaban J connectivity index is 2.32. The van der Waals surface area contributed by atoms with Crippen molar-refractivity contribution in [2.75, 3.05) is 7.05 Å². The van der Waals surface area contributed by atoms with E-state index in [9.17, 15) is 14.4 Å². The van der Waals surface area contributed by atoms with Gasteiger partial charge in [0.1, 0.15) is 11.6 Å². The molecule has 2 aromatic rings. The van der Waals surface area contributed by atoms with Crippen LogP contribution in [0.2, 0.25) is 10.0 Å². The molecule has 0 aromatic heterocycles.